The number of rotatable bonds is 6. The fourth-order valence-electron chi connectivity index (χ4n) is 0.800. The molecule has 1 aromatic heterocycles. The fraction of sp³-hybridized carbons (Fsp3) is 0.500. The van der Waals surface area contributed by atoms with Gasteiger partial charge in [0.05, 0.1) is 14.2 Å². The number of aliphatic hydroxyl groups is 1. The average Bonchev–Trinajstić information content (AvgIpc) is 2.19. The molecular weight excluding hydrogens is 204 g/mol. The van der Waals surface area contributed by atoms with E-state index in [1.807, 2.05) is 0 Å². The zero-order valence-electron chi connectivity index (χ0n) is 8.31. The highest BCUT2D eigenvalue weighted by Gasteiger charge is 2.04. The highest BCUT2D eigenvalue weighted by Crippen LogP contribution is 2.08. The van der Waals surface area contributed by atoms with E-state index < -0.39 is 0 Å². The third-order valence-corrected chi connectivity index (χ3v) is 1.26. The molecule has 0 aromatic carbocycles. The lowest BCUT2D eigenvalue weighted by atomic mass is 10.8. The number of aliphatic hydroxyl groups excluding tert-OH is 1. The molecule has 9 nitrogen and oxygen atoms in total. The van der Waals surface area contributed by atoms with Gasteiger partial charge in [0.1, 0.15) is 6.73 Å². The van der Waals surface area contributed by atoms with Crippen LogP contribution in [0.2, 0.25) is 0 Å². The predicted molar refractivity (Wildman–Crippen MR) is 51.8 cm³/mol. The summed E-state index contributed by atoms with van der Waals surface area (Å²) in [6.45, 7) is -0.289. The van der Waals surface area contributed by atoms with Gasteiger partial charge in [-0.25, -0.2) is 11.0 Å². The molecule has 9 heteroatoms. The topological polar surface area (TPSA) is 113 Å². The maximum Gasteiger partial charge on any atom is 0.253 e. The van der Waals surface area contributed by atoms with Gasteiger partial charge in [-0.3, -0.25) is 9.68 Å². The molecule has 0 saturated heterocycles. The first-order valence-electron chi connectivity index (χ1n) is 3.99. The van der Waals surface area contributed by atoms with E-state index in [0.29, 0.717) is 0 Å². The number of aromatic nitrogens is 3. The number of anilines is 3. The van der Waals surface area contributed by atoms with Crippen LogP contribution in [0.15, 0.2) is 0 Å². The maximum atomic E-state index is 8.65. The Bertz CT molecular complexity index is 249. The molecule has 0 aliphatic carbocycles. The molecule has 1 rings (SSSR count). The van der Waals surface area contributed by atoms with Gasteiger partial charge < -0.3 is 10.4 Å². The molecule has 0 aliphatic rings. The summed E-state index contributed by atoms with van der Waals surface area (Å²) in [6, 6.07) is 0. The van der Waals surface area contributed by atoms with Crippen LogP contribution in [0.4, 0.5) is 17.8 Å². The van der Waals surface area contributed by atoms with Crippen molar-refractivity contribution >= 4 is 17.8 Å². The Morgan fingerprint density at radius 2 is 1.47 bits per heavy atom. The van der Waals surface area contributed by atoms with E-state index in [-0.39, 0.29) is 24.6 Å². The fourth-order valence-corrected chi connectivity index (χ4v) is 0.800. The highest BCUT2D eigenvalue weighted by molar-refractivity contribution is 5.39. The minimum absolute atomic E-state index is 0.183. The van der Waals surface area contributed by atoms with Crippen LogP contribution in [-0.2, 0) is 9.68 Å². The van der Waals surface area contributed by atoms with Crippen LogP contribution < -0.4 is 16.3 Å². The molecular formula is C6H12N6O3. The molecule has 84 valence electrons. The van der Waals surface area contributed by atoms with Crippen LogP contribution in [-0.4, -0.2) is 41.0 Å². The smallest absolute Gasteiger partial charge is 0.253 e. The van der Waals surface area contributed by atoms with Crippen molar-refractivity contribution in [3.63, 3.8) is 0 Å². The van der Waals surface area contributed by atoms with Crippen LogP contribution in [0, 0.1) is 0 Å². The second-order valence-corrected chi connectivity index (χ2v) is 2.25. The first kappa shape index (κ1) is 11.4. The van der Waals surface area contributed by atoms with Crippen molar-refractivity contribution in [2.45, 2.75) is 0 Å². The van der Waals surface area contributed by atoms with E-state index >= 15 is 0 Å². The van der Waals surface area contributed by atoms with Crippen molar-refractivity contribution in [2.75, 3.05) is 37.2 Å². The van der Waals surface area contributed by atoms with Crippen molar-refractivity contribution in [3.8, 4) is 0 Å². The Labute approximate surface area is 85.8 Å². The van der Waals surface area contributed by atoms with E-state index in [1.165, 1.54) is 14.2 Å². The summed E-state index contributed by atoms with van der Waals surface area (Å²) in [5.41, 5.74) is 4.85. The number of nitrogens with one attached hydrogen (secondary N) is 3. The average molecular weight is 216 g/mol. The van der Waals surface area contributed by atoms with E-state index in [0.717, 1.165) is 0 Å². The first-order chi connectivity index (χ1) is 7.30. The third-order valence-electron chi connectivity index (χ3n) is 1.26. The zero-order chi connectivity index (χ0) is 11.1. The van der Waals surface area contributed by atoms with Crippen LogP contribution in [0.5, 0.6) is 0 Å². The zero-order valence-corrected chi connectivity index (χ0v) is 8.31. The molecule has 0 spiro atoms. The monoisotopic (exact) mass is 216 g/mol. The van der Waals surface area contributed by atoms with Crippen molar-refractivity contribution in [2.24, 2.45) is 0 Å². The van der Waals surface area contributed by atoms with Crippen LogP contribution in [0.1, 0.15) is 0 Å². The maximum absolute atomic E-state index is 8.65. The molecule has 0 atom stereocenters. The Balaban J connectivity index is 2.86. The molecule has 0 unspecified atom stereocenters. The lowest BCUT2D eigenvalue weighted by Gasteiger charge is -2.07. The Morgan fingerprint density at radius 3 is 1.87 bits per heavy atom. The Kier molecular flexibility index (Phi) is 4.47. The molecule has 4 N–H and O–H groups in total. The quantitative estimate of drug-likeness (QED) is 0.357. The molecule has 0 saturated carbocycles. The molecule has 0 bridgehead atoms. The summed E-state index contributed by atoms with van der Waals surface area (Å²) in [6.07, 6.45) is 0. The standard InChI is InChI=1S/C6H12N6O3/c1-14-11-5-8-4(7-3-13)9-6(10-5)12-15-2/h13H,3H2,1-2H3,(H3,7,8,9,10,11,12). The molecule has 1 aromatic rings. The number of hydrogen-bond acceptors (Lipinski definition) is 9. The molecule has 0 fully saturated rings. The second kappa shape index (κ2) is 5.90. The predicted octanol–water partition coefficient (Wildman–Crippen LogP) is -0.820. The third kappa shape index (κ3) is 3.50. The first-order valence-corrected chi connectivity index (χ1v) is 3.99. The molecule has 15 heavy (non-hydrogen) atoms. The van der Waals surface area contributed by atoms with Gasteiger partial charge in [-0.15, -0.1) is 0 Å². The summed E-state index contributed by atoms with van der Waals surface area (Å²) in [7, 11) is 2.85. The lowest BCUT2D eigenvalue weighted by molar-refractivity contribution is 0.261. The van der Waals surface area contributed by atoms with Crippen LogP contribution in [0.3, 0.4) is 0 Å². The summed E-state index contributed by atoms with van der Waals surface area (Å²) < 4.78 is 0. The van der Waals surface area contributed by atoms with Crippen molar-refractivity contribution in [1.82, 2.24) is 15.0 Å². The van der Waals surface area contributed by atoms with Crippen LogP contribution >= 0.6 is 0 Å². The highest BCUT2D eigenvalue weighted by atomic mass is 16.6. The van der Waals surface area contributed by atoms with Crippen molar-refractivity contribution in [3.05, 3.63) is 0 Å². The largest absolute Gasteiger partial charge is 0.376 e. The summed E-state index contributed by atoms with van der Waals surface area (Å²) >= 11 is 0. The van der Waals surface area contributed by atoms with E-state index in [4.69, 9.17) is 5.11 Å². The van der Waals surface area contributed by atoms with E-state index in [9.17, 15) is 0 Å². The Hall–Kier alpha value is -1.71. The SMILES string of the molecule is CONc1nc(NCO)nc(NOC)n1. The van der Waals surface area contributed by atoms with E-state index in [1.54, 1.807) is 0 Å². The minimum Gasteiger partial charge on any atom is -0.376 e. The minimum atomic E-state index is -0.289. The van der Waals surface area contributed by atoms with Crippen LogP contribution in [0.25, 0.3) is 0 Å². The molecule has 0 aliphatic heterocycles. The van der Waals surface area contributed by atoms with Gasteiger partial charge in [0.15, 0.2) is 0 Å². The second-order valence-electron chi connectivity index (χ2n) is 2.25. The van der Waals surface area contributed by atoms with Gasteiger partial charge in [0.25, 0.3) is 11.9 Å². The van der Waals surface area contributed by atoms with Crippen molar-refractivity contribution in [1.29, 1.82) is 0 Å². The summed E-state index contributed by atoms with van der Waals surface area (Å²) in [5.74, 6) is 0.553. The lowest BCUT2D eigenvalue weighted by Crippen LogP contribution is -2.12. The van der Waals surface area contributed by atoms with Gasteiger partial charge in [-0.05, 0) is 0 Å². The molecule has 1 heterocycles. The number of nitrogens with zero attached hydrogens (tertiary/aromatic N) is 3. The van der Waals surface area contributed by atoms with E-state index in [2.05, 4.69) is 40.9 Å². The molecule has 0 radical (unpaired) electrons. The normalized spacial score (nSPS) is 9.80. The van der Waals surface area contributed by atoms with Crippen molar-refractivity contribution < 1.29 is 14.8 Å². The summed E-state index contributed by atoms with van der Waals surface area (Å²) in [4.78, 5) is 20.9. The van der Waals surface area contributed by atoms with Gasteiger partial charge in [0, 0.05) is 0 Å². The van der Waals surface area contributed by atoms with Gasteiger partial charge >= 0.3 is 0 Å². The Morgan fingerprint density at radius 1 is 1.00 bits per heavy atom. The van der Waals surface area contributed by atoms with Gasteiger partial charge in [-0.2, -0.15) is 15.0 Å². The van der Waals surface area contributed by atoms with Gasteiger partial charge in [0.2, 0.25) is 5.95 Å². The molecule has 0 amide bonds. The number of hydrogen-bond donors (Lipinski definition) is 4. The van der Waals surface area contributed by atoms with Gasteiger partial charge in [-0.1, -0.05) is 0 Å². The summed E-state index contributed by atoms with van der Waals surface area (Å²) in [5, 5.41) is 11.2.